The molecule has 4 rings (SSSR count). The first kappa shape index (κ1) is 17.8. The summed E-state index contributed by atoms with van der Waals surface area (Å²) in [6.07, 6.45) is 3.56. The molecule has 0 saturated carbocycles. The molecule has 0 fully saturated rings. The predicted molar refractivity (Wildman–Crippen MR) is 109 cm³/mol. The van der Waals surface area contributed by atoms with E-state index in [0.29, 0.717) is 17.1 Å². The maximum absolute atomic E-state index is 11.8. The lowest BCUT2D eigenvalue weighted by molar-refractivity contribution is 0.0989. The topological polar surface area (TPSA) is 64.4 Å². The summed E-state index contributed by atoms with van der Waals surface area (Å²) in [4.78, 5) is 16.0. The number of anilines is 1. The molecule has 140 valence electrons. The zero-order chi connectivity index (χ0) is 19.5. The number of ketones is 1. The molecule has 0 spiro atoms. The number of fused-ring (bicyclic) bond motifs is 1. The van der Waals surface area contributed by atoms with Crippen LogP contribution in [-0.2, 0) is 0 Å². The molecule has 0 radical (unpaired) electrons. The van der Waals surface area contributed by atoms with E-state index in [9.17, 15) is 4.79 Å². The number of methoxy groups -OCH3 is 1. The second kappa shape index (κ2) is 7.56. The number of carbonyl (C=O) groups is 1. The van der Waals surface area contributed by atoms with Crippen molar-refractivity contribution in [2.75, 3.05) is 12.4 Å². The molecular weight excluding hydrogens is 352 g/mol. The second-order valence-corrected chi connectivity index (χ2v) is 6.49. The van der Waals surface area contributed by atoms with Crippen molar-refractivity contribution in [3.63, 3.8) is 0 Å². The number of nitrogens with zero attached hydrogens (tertiary/aromatic N) is 1. The molecule has 1 unspecified atom stereocenters. The molecule has 0 amide bonds. The Hall–Kier alpha value is -3.60. The van der Waals surface area contributed by atoms with Crippen LogP contribution in [0.3, 0.4) is 0 Å². The van der Waals surface area contributed by atoms with Gasteiger partial charge in [0.25, 0.3) is 0 Å². The molecule has 1 N–H and O–H groups in total. The smallest absolute Gasteiger partial charge is 0.194 e. The van der Waals surface area contributed by atoms with Crippen LogP contribution in [0.25, 0.3) is 11.0 Å². The van der Waals surface area contributed by atoms with E-state index in [1.807, 2.05) is 42.5 Å². The molecule has 5 nitrogen and oxygen atoms in total. The number of hydrogen-bond acceptors (Lipinski definition) is 5. The first-order valence-electron chi connectivity index (χ1n) is 9.00. The van der Waals surface area contributed by atoms with Gasteiger partial charge in [-0.1, -0.05) is 30.3 Å². The minimum Gasteiger partial charge on any atom is -0.493 e. The fraction of sp³-hybridized carbons (Fsp3) is 0.130. The van der Waals surface area contributed by atoms with Gasteiger partial charge in [0.2, 0.25) is 0 Å². The summed E-state index contributed by atoms with van der Waals surface area (Å²) in [6, 6.07) is 19.6. The quantitative estimate of drug-likeness (QED) is 0.469. The first-order chi connectivity index (χ1) is 13.7. The maximum Gasteiger partial charge on any atom is 0.194 e. The van der Waals surface area contributed by atoms with Gasteiger partial charge in [-0.15, -0.1) is 0 Å². The molecule has 0 aliphatic carbocycles. The number of Topliss-reactive ketones (excluding diaryl/α,β-unsaturated/α-hetero) is 1. The normalized spacial score (nSPS) is 11.9. The third kappa shape index (κ3) is 3.34. The number of furan rings is 1. The summed E-state index contributed by atoms with van der Waals surface area (Å²) in [5, 5.41) is 4.41. The predicted octanol–water partition coefficient (Wildman–Crippen LogP) is 5.24. The number of ether oxygens (including phenoxy) is 1. The van der Waals surface area contributed by atoms with Crippen LogP contribution in [0.4, 0.5) is 5.69 Å². The van der Waals surface area contributed by atoms with Gasteiger partial charge in [-0.2, -0.15) is 0 Å². The zero-order valence-electron chi connectivity index (χ0n) is 15.7. The molecule has 1 atom stereocenters. The van der Waals surface area contributed by atoms with Gasteiger partial charge in [0.1, 0.15) is 0 Å². The van der Waals surface area contributed by atoms with Crippen LogP contribution in [-0.4, -0.2) is 17.9 Å². The van der Waals surface area contributed by atoms with E-state index in [0.717, 1.165) is 22.2 Å². The molecule has 0 aliphatic rings. The number of rotatable bonds is 6. The van der Waals surface area contributed by atoms with E-state index >= 15 is 0 Å². The van der Waals surface area contributed by atoms with Crippen molar-refractivity contribution in [2.45, 2.75) is 13.0 Å². The van der Waals surface area contributed by atoms with Crippen molar-refractivity contribution >= 4 is 22.4 Å². The minimum atomic E-state index is -0.127. The third-order valence-electron chi connectivity index (χ3n) is 4.69. The third-order valence-corrected chi connectivity index (χ3v) is 4.69. The second-order valence-electron chi connectivity index (χ2n) is 6.49. The van der Waals surface area contributed by atoms with Crippen LogP contribution in [0, 0.1) is 0 Å². The molecular formula is C23H20N2O3. The summed E-state index contributed by atoms with van der Waals surface area (Å²) in [6.45, 7) is 1.49. The summed E-state index contributed by atoms with van der Waals surface area (Å²) in [5.74, 6) is 0.772. The van der Waals surface area contributed by atoms with Crippen LogP contribution >= 0.6 is 0 Å². The maximum atomic E-state index is 11.8. The SMILES string of the molecule is COc1ccc(NC(c2ccccc2)c2ccncc2)c2cc(C(C)=O)oc12. The lowest BCUT2D eigenvalue weighted by Crippen LogP contribution is -2.12. The van der Waals surface area contributed by atoms with Crippen LogP contribution in [0.1, 0.15) is 34.6 Å². The van der Waals surface area contributed by atoms with Crippen molar-refractivity contribution in [3.8, 4) is 5.75 Å². The van der Waals surface area contributed by atoms with Crippen LogP contribution < -0.4 is 10.1 Å². The molecule has 2 aromatic carbocycles. The largest absolute Gasteiger partial charge is 0.493 e. The fourth-order valence-electron chi connectivity index (χ4n) is 3.27. The Bertz CT molecular complexity index is 1070. The number of hydrogen-bond donors (Lipinski definition) is 1. The Kier molecular flexibility index (Phi) is 4.81. The van der Waals surface area contributed by atoms with E-state index < -0.39 is 0 Å². The standard InChI is InChI=1S/C23H20N2O3/c1-15(26)21-14-18-19(8-9-20(27-2)23(18)28-21)25-22(16-6-4-3-5-7-16)17-10-12-24-13-11-17/h3-14,22,25H,1-2H3. The number of carbonyl (C=O) groups excluding carboxylic acids is 1. The first-order valence-corrected chi connectivity index (χ1v) is 9.00. The van der Waals surface area contributed by atoms with Gasteiger partial charge in [-0.05, 0) is 41.5 Å². The van der Waals surface area contributed by atoms with Crippen molar-refractivity contribution in [1.82, 2.24) is 4.98 Å². The molecule has 28 heavy (non-hydrogen) atoms. The summed E-state index contributed by atoms with van der Waals surface area (Å²) in [7, 11) is 1.58. The monoisotopic (exact) mass is 372 g/mol. The molecule has 5 heteroatoms. The highest BCUT2D eigenvalue weighted by atomic mass is 16.5. The summed E-state index contributed by atoms with van der Waals surface area (Å²) < 4.78 is 11.2. The van der Waals surface area contributed by atoms with Gasteiger partial charge < -0.3 is 14.5 Å². The highest BCUT2D eigenvalue weighted by Gasteiger charge is 2.19. The van der Waals surface area contributed by atoms with E-state index in [2.05, 4.69) is 22.4 Å². The zero-order valence-corrected chi connectivity index (χ0v) is 15.7. The van der Waals surface area contributed by atoms with E-state index in [-0.39, 0.29) is 11.8 Å². The van der Waals surface area contributed by atoms with Crippen LogP contribution in [0.5, 0.6) is 5.75 Å². The summed E-state index contributed by atoms with van der Waals surface area (Å²) >= 11 is 0. The Balaban J connectivity index is 1.83. The van der Waals surface area contributed by atoms with Gasteiger partial charge in [-0.3, -0.25) is 9.78 Å². The molecule has 0 bridgehead atoms. The van der Waals surface area contributed by atoms with Crippen LogP contribution in [0.15, 0.2) is 77.5 Å². The number of pyridine rings is 1. The molecule has 0 aliphatic heterocycles. The molecule has 4 aromatic rings. The van der Waals surface area contributed by atoms with E-state index in [1.165, 1.54) is 6.92 Å². The number of nitrogens with one attached hydrogen (secondary N) is 1. The van der Waals surface area contributed by atoms with Crippen molar-refractivity contribution in [3.05, 3.63) is 89.9 Å². The van der Waals surface area contributed by atoms with Crippen molar-refractivity contribution in [2.24, 2.45) is 0 Å². The number of benzene rings is 2. The lowest BCUT2D eigenvalue weighted by atomic mass is 9.99. The highest BCUT2D eigenvalue weighted by molar-refractivity contribution is 6.01. The van der Waals surface area contributed by atoms with Gasteiger partial charge in [0.05, 0.1) is 13.2 Å². The van der Waals surface area contributed by atoms with Gasteiger partial charge >= 0.3 is 0 Å². The van der Waals surface area contributed by atoms with Crippen LogP contribution in [0.2, 0.25) is 0 Å². The van der Waals surface area contributed by atoms with Gasteiger partial charge in [0, 0.05) is 30.4 Å². The lowest BCUT2D eigenvalue weighted by Gasteiger charge is -2.21. The molecule has 2 heterocycles. The van der Waals surface area contributed by atoms with Gasteiger partial charge in [-0.25, -0.2) is 0 Å². The molecule has 2 aromatic heterocycles. The molecule has 0 saturated heterocycles. The fourth-order valence-corrected chi connectivity index (χ4v) is 3.27. The number of aromatic nitrogens is 1. The Morgan fingerprint density at radius 1 is 1.04 bits per heavy atom. The Labute approximate surface area is 163 Å². The highest BCUT2D eigenvalue weighted by Crippen LogP contribution is 2.37. The van der Waals surface area contributed by atoms with Crippen molar-refractivity contribution < 1.29 is 13.9 Å². The van der Waals surface area contributed by atoms with E-state index in [1.54, 1.807) is 25.6 Å². The van der Waals surface area contributed by atoms with Gasteiger partial charge in [0.15, 0.2) is 22.9 Å². The van der Waals surface area contributed by atoms with Crippen molar-refractivity contribution in [1.29, 1.82) is 0 Å². The summed E-state index contributed by atoms with van der Waals surface area (Å²) in [5.41, 5.74) is 3.62. The van der Waals surface area contributed by atoms with E-state index in [4.69, 9.17) is 9.15 Å². The Morgan fingerprint density at radius 2 is 1.75 bits per heavy atom. The minimum absolute atomic E-state index is 0.0866. The average molecular weight is 372 g/mol. The average Bonchev–Trinajstić information content (AvgIpc) is 3.19. The Morgan fingerprint density at radius 3 is 2.43 bits per heavy atom.